The highest BCUT2D eigenvalue weighted by Crippen LogP contribution is 2.10. The van der Waals surface area contributed by atoms with Gasteiger partial charge in [-0.2, -0.15) is 0 Å². The Labute approximate surface area is 158 Å². The zero-order valence-electron chi connectivity index (χ0n) is 15.2. The molecule has 0 bridgehead atoms. The second kappa shape index (κ2) is 10.6. The Kier molecular flexibility index (Phi) is 7.78. The monoisotopic (exact) mass is 365 g/mol. The van der Waals surface area contributed by atoms with E-state index < -0.39 is 11.8 Å². The Morgan fingerprint density at radius 2 is 1.63 bits per heavy atom. The Morgan fingerprint density at radius 3 is 2.30 bits per heavy atom. The van der Waals surface area contributed by atoms with E-state index in [9.17, 15) is 14.4 Å². The van der Waals surface area contributed by atoms with Crippen LogP contribution in [-0.4, -0.2) is 17.7 Å². The number of anilines is 1. The summed E-state index contributed by atoms with van der Waals surface area (Å²) in [7, 11) is 0. The van der Waals surface area contributed by atoms with E-state index in [1.54, 1.807) is 30.3 Å². The van der Waals surface area contributed by atoms with E-state index in [1.807, 2.05) is 37.3 Å². The number of carbonyl (C=O) groups excluding carboxylic acids is 3. The van der Waals surface area contributed by atoms with Crippen molar-refractivity contribution in [3.63, 3.8) is 0 Å². The van der Waals surface area contributed by atoms with Crippen molar-refractivity contribution < 1.29 is 14.4 Å². The number of rotatable bonds is 7. The first-order valence-electron chi connectivity index (χ1n) is 8.82. The molecule has 0 radical (unpaired) electrons. The molecule has 0 fully saturated rings. The molecule has 0 spiro atoms. The standard InChI is InChI=1S/C21H23N3O3/c1-2-3-9-19(25)22-18-13-11-17(12-14-18)21(27)24-23-20(26)15-10-16-7-5-4-6-8-16/h4-8,10-15H,2-3,9H2,1H3,(H,22,25)(H,23,26)(H,24,27). The Hall–Kier alpha value is -3.41. The first kappa shape index (κ1) is 19.9. The zero-order chi connectivity index (χ0) is 19.5. The van der Waals surface area contributed by atoms with Gasteiger partial charge in [0.1, 0.15) is 0 Å². The molecule has 140 valence electrons. The minimum atomic E-state index is -0.444. The second-order valence-electron chi connectivity index (χ2n) is 5.92. The molecular weight excluding hydrogens is 342 g/mol. The Morgan fingerprint density at radius 1 is 0.926 bits per heavy atom. The summed E-state index contributed by atoms with van der Waals surface area (Å²) in [4.78, 5) is 35.5. The molecule has 0 aromatic heterocycles. The summed E-state index contributed by atoms with van der Waals surface area (Å²) in [6, 6.07) is 15.8. The Bertz CT molecular complexity index is 799. The van der Waals surface area contributed by atoms with Crippen LogP contribution in [0.25, 0.3) is 6.08 Å². The maximum absolute atomic E-state index is 12.1. The molecule has 6 nitrogen and oxygen atoms in total. The first-order chi connectivity index (χ1) is 13.1. The van der Waals surface area contributed by atoms with E-state index >= 15 is 0 Å². The lowest BCUT2D eigenvalue weighted by molar-refractivity contribution is -0.117. The summed E-state index contributed by atoms with van der Waals surface area (Å²) in [5.74, 6) is -0.932. The van der Waals surface area contributed by atoms with Gasteiger partial charge in [-0.25, -0.2) is 0 Å². The fraction of sp³-hybridized carbons (Fsp3) is 0.190. The summed E-state index contributed by atoms with van der Waals surface area (Å²) in [6.45, 7) is 2.02. The maximum Gasteiger partial charge on any atom is 0.269 e. The maximum atomic E-state index is 12.1. The van der Waals surface area contributed by atoms with Crippen molar-refractivity contribution in [1.29, 1.82) is 0 Å². The molecule has 27 heavy (non-hydrogen) atoms. The number of amides is 3. The van der Waals surface area contributed by atoms with Crippen LogP contribution in [0.4, 0.5) is 5.69 Å². The molecule has 0 aliphatic rings. The van der Waals surface area contributed by atoms with Gasteiger partial charge in [-0.3, -0.25) is 25.2 Å². The third-order valence-corrected chi connectivity index (χ3v) is 3.71. The van der Waals surface area contributed by atoms with Crippen molar-refractivity contribution in [2.24, 2.45) is 0 Å². The largest absolute Gasteiger partial charge is 0.326 e. The molecule has 0 aliphatic carbocycles. The van der Waals surface area contributed by atoms with Gasteiger partial charge in [0.2, 0.25) is 5.91 Å². The molecule has 2 rings (SSSR count). The molecule has 0 saturated carbocycles. The predicted octanol–water partition coefficient (Wildman–Crippen LogP) is 3.29. The van der Waals surface area contributed by atoms with Gasteiger partial charge in [0.05, 0.1) is 0 Å². The summed E-state index contributed by atoms with van der Waals surface area (Å²) >= 11 is 0. The summed E-state index contributed by atoms with van der Waals surface area (Å²) in [5, 5.41) is 2.78. The van der Waals surface area contributed by atoms with E-state index in [-0.39, 0.29) is 5.91 Å². The van der Waals surface area contributed by atoms with Gasteiger partial charge in [-0.05, 0) is 42.3 Å². The van der Waals surface area contributed by atoms with Crippen LogP contribution in [0, 0.1) is 0 Å². The second-order valence-corrected chi connectivity index (χ2v) is 5.92. The molecular formula is C21H23N3O3. The number of hydrazine groups is 1. The predicted molar refractivity (Wildman–Crippen MR) is 106 cm³/mol. The summed E-state index contributed by atoms with van der Waals surface area (Å²) < 4.78 is 0. The third-order valence-electron chi connectivity index (χ3n) is 3.71. The van der Waals surface area contributed by atoms with Crippen LogP contribution < -0.4 is 16.2 Å². The van der Waals surface area contributed by atoms with Gasteiger partial charge in [-0.1, -0.05) is 43.7 Å². The molecule has 0 unspecified atom stereocenters. The van der Waals surface area contributed by atoms with Crippen molar-refractivity contribution in [3.8, 4) is 0 Å². The normalized spacial score (nSPS) is 10.4. The molecule has 0 saturated heterocycles. The fourth-order valence-electron chi connectivity index (χ4n) is 2.23. The van der Waals surface area contributed by atoms with Crippen molar-refractivity contribution in [1.82, 2.24) is 10.9 Å². The average Bonchev–Trinajstić information content (AvgIpc) is 2.70. The van der Waals surface area contributed by atoms with Gasteiger partial charge in [0.15, 0.2) is 0 Å². The molecule has 3 amide bonds. The van der Waals surface area contributed by atoms with Crippen LogP contribution in [0.5, 0.6) is 0 Å². The van der Waals surface area contributed by atoms with Crippen LogP contribution in [0.15, 0.2) is 60.7 Å². The highest BCUT2D eigenvalue weighted by molar-refractivity contribution is 5.98. The quantitative estimate of drug-likeness (QED) is 0.520. The van der Waals surface area contributed by atoms with Crippen molar-refractivity contribution in [2.75, 3.05) is 5.32 Å². The lowest BCUT2D eigenvalue weighted by Gasteiger charge is -2.07. The van der Waals surface area contributed by atoms with Crippen LogP contribution in [0.3, 0.4) is 0 Å². The molecule has 3 N–H and O–H groups in total. The average molecular weight is 365 g/mol. The van der Waals surface area contributed by atoms with E-state index in [1.165, 1.54) is 6.08 Å². The lowest BCUT2D eigenvalue weighted by atomic mass is 10.2. The minimum Gasteiger partial charge on any atom is -0.326 e. The van der Waals surface area contributed by atoms with Crippen LogP contribution >= 0.6 is 0 Å². The summed E-state index contributed by atoms with van der Waals surface area (Å²) in [6.07, 6.45) is 5.26. The van der Waals surface area contributed by atoms with Crippen LogP contribution in [-0.2, 0) is 9.59 Å². The molecule has 6 heteroatoms. The number of nitrogens with one attached hydrogen (secondary N) is 3. The van der Waals surface area contributed by atoms with E-state index in [4.69, 9.17) is 0 Å². The lowest BCUT2D eigenvalue weighted by Crippen LogP contribution is -2.40. The number of benzene rings is 2. The summed E-state index contributed by atoms with van der Waals surface area (Å²) in [5.41, 5.74) is 6.55. The molecule has 0 aliphatic heterocycles. The van der Waals surface area contributed by atoms with Gasteiger partial charge in [0, 0.05) is 23.7 Å². The topological polar surface area (TPSA) is 87.3 Å². The van der Waals surface area contributed by atoms with Crippen LogP contribution in [0.2, 0.25) is 0 Å². The van der Waals surface area contributed by atoms with E-state index in [0.717, 1.165) is 18.4 Å². The fourth-order valence-corrected chi connectivity index (χ4v) is 2.23. The van der Waals surface area contributed by atoms with Gasteiger partial charge in [0.25, 0.3) is 11.8 Å². The van der Waals surface area contributed by atoms with Crippen molar-refractivity contribution in [3.05, 3.63) is 71.8 Å². The number of unbranched alkanes of at least 4 members (excludes halogenated alkanes) is 1. The molecule has 2 aromatic rings. The van der Waals surface area contributed by atoms with Gasteiger partial charge < -0.3 is 5.32 Å². The first-order valence-corrected chi connectivity index (χ1v) is 8.82. The SMILES string of the molecule is CCCCC(=O)Nc1ccc(C(=O)NNC(=O)C=Cc2ccccc2)cc1. The highest BCUT2D eigenvalue weighted by atomic mass is 16.2. The van der Waals surface area contributed by atoms with E-state index in [0.29, 0.717) is 17.7 Å². The smallest absolute Gasteiger partial charge is 0.269 e. The van der Waals surface area contributed by atoms with Gasteiger partial charge >= 0.3 is 0 Å². The van der Waals surface area contributed by atoms with Crippen molar-refractivity contribution >= 4 is 29.5 Å². The molecule has 2 aromatic carbocycles. The van der Waals surface area contributed by atoms with Gasteiger partial charge in [-0.15, -0.1) is 0 Å². The Balaban J connectivity index is 1.80. The molecule has 0 atom stereocenters. The number of carbonyl (C=O) groups is 3. The minimum absolute atomic E-state index is 0.0495. The number of hydrogen-bond donors (Lipinski definition) is 3. The highest BCUT2D eigenvalue weighted by Gasteiger charge is 2.07. The zero-order valence-corrected chi connectivity index (χ0v) is 15.2. The molecule has 0 heterocycles. The van der Waals surface area contributed by atoms with Crippen LogP contribution in [0.1, 0.15) is 42.1 Å². The van der Waals surface area contributed by atoms with Crippen molar-refractivity contribution in [2.45, 2.75) is 26.2 Å². The number of hydrogen-bond acceptors (Lipinski definition) is 3. The third kappa shape index (κ3) is 7.15. The van der Waals surface area contributed by atoms with E-state index in [2.05, 4.69) is 16.2 Å².